The number of aryl methyl sites for hydroxylation is 1. The van der Waals surface area contributed by atoms with Gasteiger partial charge >= 0.3 is 0 Å². The molecule has 0 spiro atoms. The number of nitrogens with one attached hydrogen (secondary N) is 1. The largest absolute Gasteiger partial charge is 0.351 e. The lowest BCUT2D eigenvalue weighted by atomic mass is 10.3. The molecule has 2 rings (SSSR count). The zero-order valence-corrected chi connectivity index (χ0v) is 7.28. The molecule has 0 saturated heterocycles. The average molecular weight is 181 g/mol. The lowest BCUT2D eigenvalue weighted by molar-refractivity contribution is 0.0913. The van der Waals surface area contributed by atoms with E-state index in [4.69, 9.17) is 10.3 Å². The highest BCUT2D eigenvalue weighted by atomic mass is 16.5. The van der Waals surface area contributed by atoms with Crippen LogP contribution < -0.4 is 11.1 Å². The number of hydrogen-bond donors (Lipinski definition) is 2. The molecule has 5 nitrogen and oxygen atoms in total. The first-order valence-electron chi connectivity index (χ1n) is 4.16. The van der Waals surface area contributed by atoms with Crippen molar-refractivity contribution in [1.29, 1.82) is 0 Å². The van der Waals surface area contributed by atoms with Gasteiger partial charge in [-0.3, -0.25) is 4.79 Å². The van der Waals surface area contributed by atoms with E-state index in [2.05, 4.69) is 10.5 Å². The molecule has 1 saturated carbocycles. The second-order valence-electron chi connectivity index (χ2n) is 3.31. The van der Waals surface area contributed by atoms with E-state index in [0.29, 0.717) is 5.69 Å². The molecule has 1 heterocycles. The van der Waals surface area contributed by atoms with Gasteiger partial charge in [-0.25, -0.2) is 0 Å². The van der Waals surface area contributed by atoms with Crippen LogP contribution in [0.15, 0.2) is 10.6 Å². The third-order valence-electron chi connectivity index (χ3n) is 2.01. The molecule has 1 aromatic heterocycles. The number of rotatable bonds is 2. The van der Waals surface area contributed by atoms with Gasteiger partial charge < -0.3 is 15.6 Å². The van der Waals surface area contributed by atoms with Crippen LogP contribution in [0.5, 0.6) is 0 Å². The lowest BCUT2D eigenvalue weighted by Gasteiger charge is -1.97. The van der Waals surface area contributed by atoms with Crippen molar-refractivity contribution >= 4 is 5.91 Å². The van der Waals surface area contributed by atoms with Crippen molar-refractivity contribution in [3.05, 3.63) is 17.5 Å². The van der Waals surface area contributed by atoms with E-state index in [1.165, 1.54) is 0 Å². The maximum atomic E-state index is 11.4. The Morgan fingerprint density at radius 3 is 3.00 bits per heavy atom. The molecule has 2 unspecified atom stereocenters. The number of amides is 1. The summed E-state index contributed by atoms with van der Waals surface area (Å²) in [6, 6.07) is 1.81. The zero-order valence-electron chi connectivity index (χ0n) is 7.28. The van der Waals surface area contributed by atoms with Gasteiger partial charge in [0.05, 0.1) is 5.69 Å². The van der Waals surface area contributed by atoms with Crippen molar-refractivity contribution in [3.63, 3.8) is 0 Å². The van der Waals surface area contributed by atoms with Crippen LogP contribution in [-0.2, 0) is 0 Å². The van der Waals surface area contributed by atoms with E-state index in [9.17, 15) is 4.79 Å². The van der Waals surface area contributed by atoms with Gasteiger partial charge in [-0.1, -0.05) is 5.16 Å². The Bertz CT molecular complexity index is 334. The number of aromatic nitrogens is 1. The molecule has 0 aliphatic heterocycles. The highest BCUT2D eigenvalue weighted by Crippen LogP contribution is 2.18. The molecule has 1 aliphatic carbocycles. The van der Waals surface area contributed by atoms with Gasteiger partial charge in [-0.05, 0) is 13.3 Å². The molecule has 1 aliphatic rings. The Kier molecular flexibility index (Phi) is 1.81. The molecule has 5 heteroatoms. The molecular weight excluding hydrogens is 170 g/mol. The maximum Gasteiger partial charge on any atom is 0.290 e. The first-order valence-corrected chi connectivity index (χ1v) is 4.16. The SMILES string of the molecule is Cc1cc(C(=O)NC2CC2N)on1. The molecule has 1 fully saturated rings. The van der Waals surface area contributed by atoms with E-state index in [0.717, 1.165) is 6.42 Å². The Morgan fingerprint density at radius 1 is 1.85 bits per heavy atom. The number of hydrogen-bond acceptors (Lipinski definition) is 4. The van der Waals surface area contributed by atoms with E-state index < -0.39 is 0 Å². The third-order valence-corrected chi connectivity index (χ3v) is 2.01. The minimum absolute atomic E-state index is 0.105. The van der Waals surface area contributed by atoms with Crippen LogP contribution in [0.3, 0.4) is 0 Å². The molecule has 2 atom stereocenters. The van der Waals surface area contributed by atoms with Gasteiger partial charge in [0.25, 0.3) is 5.91 Å². The van der Waals surface area contributed by atoms with Crippen LogP contribution in [0.25, 0.3) is 0 Å². The van der Waals surface area contributed by atoms with Crippen LogP contribution in [0.4, 0.5) is 0 Å². The molecule has 0 bridgehead atoms. The number of nitrogens with zero attached hydrogens (tertiary/aromatic N) is 1. The molecule has 0 radical (unpaired) electrons. The molecule has 1 aromatic rings. The number of nitrogens with two attached hydrogens (primary N) is 1. The minimum Gasteiger partial charge on any atom is -0.351 e. The van der Waals surface area contributed by atoms with E-state index in [1.54, 1.807) is 13.0 Å². The zero-order chi connectivity index (χ0) is 9.42. The Balaban J connectivity index is 1.97. The normalized spacial score (nSPS) is 25.7. The first kappa shape index (κ1) is 8.25. The van der Waals surface area contributed by atoms with E-state index >= 15 is 0 Å². The molecule has 3 N–H and O–H groups in total. The molecule has 13 heavy (non-hydrogen) atoms. The fourth-order valence-corrected chi connectivity index (χ4v) is 1.09. The van der Waals surface area contributed by atoms with Crippen LogP contribution in [-0.4, -0.2) is 23.1 Å². The summed E-state index contributed by atoms with van der Waals surface area (Å²) in [7, 11) is 0. The van der Waals surface area contributed by atoms with Crippen molar-refractivity contribution in [2.75, 3.05) is 0 Å². The second-order valence-corrected chi connectivity index (χ2v) is 3.31. The maximum absolute atomic E-state index is 11.4. The predicted octanol–water partition coefficient (Wildman–Crippen LogP) is -0.188. The first-order chi connectivity index (χ1) is 6.16. The summed E-state index contributed by atoms with van der Waals surface area (Å²) in [5.41, 5.74) is 6.24. The van der Waals surface area contributed by atoms with Gasteiger partial charge in [0.15, 0.2) is 0 Å². The van der Waals surface area contributed by atoms with Crippen molar-refractivity contribution in [2.24, 2.45) is 5.73 Å². The van der Waals surface area contributed by atoms with Crippen molar-refractivity contribution < 1.29 is 9.32 Å². The fraction of sp³-hybridized carbons (Fsp3) is 0.500. The van der Waals surface area contributed by atoms with E-state index in [1.807, 2.05) is 0 Å². The van der Waals surface area contributed by atoms with Crippen molar-refractivity contribution in [2.45, 2.75) is 25.4 Å². The third kappa shape index (κ3) is 1.70. The molecule has 1 amide bonds. The average Bonchev–Trinajstić information content (AvgIpc) is 2.62. The topological polar surface area (TPSA) is 81.2 Å². The summed E-state index contributed by atoms with van der Waals surface area (Å²) in [5, 5.41) is 6.35. The van der Waals surface area contributed by atoms with Crippen LogP contribution in [0, 0.1) is 6.92 Å². The minimum atomic E-state index is -0.237. The fourth-order valence-electron chi connectivity index (χ4n) is 1.09. The predicted molar refractivity (Wildman–Crippen MR) is 45.1 cm³/mol. The summed E-state index contributed by atoms with van der Waals surface area (Å²) in [6.07, 6.45) is 0.846. The van der Waals surface area contributed by atoms with Crippen molar-refractivity contribution in [1.82, 2.24) is 10.5 Å². The summed E-state index contributed by atoms with van der Waals surface area (Å²) < 4.78 is 4.79. The van der Waals surface area contributed by atoms with E-state index in [-0.39, 0.29) is 23.8 Å². The standard InChI is InChI=1S/C8H11N3O2/c1-4-2-7(13-11-4)8(12)10-6-3-5(6)9/h2,5-6H,3,9H2,1H3,(H,10,12). The van der Waals surface area contributed by atoms with Gasteiger partial charge in [-0.15, -0.1) is 0 Å². The smallest absolute Gasteiger partial charge is 0.290 e. The molecular formula is C8H11N3O2. The number of carbonyl (C=O) groups excluding carboxylic acids is 1. The summed E-state index contributed by atoms with van der Waals surface area (Å²) >= 11 is 0. The van der Waals surface area contributed by atoms with Gasteiger partial charge in [0.2, 0.25) is 5.76 Å². The highest BCUT2D eigenvalue weighted by molar-refractivity contribution is 5.91. The lowest BCUT2D eigenvalue weighted by Crippen LogP contribution is -2.29. The summed E-state index contributed by atoms with van der Waals surface area (Å²) in [5.74, 6) is 0.00940. The quantitative estimate of drug-likeness (QED) is 0.662. The Hall–Kier alpha value is -1.36. The summed E-state index contributed by atoms with van der Waals surface area (Å²) in [4.78, 5) is 11.4. The molecule has 70 valence electrons. The van der Waals surface area contributed by atoms with Gasteiger partial charge in [0.1, 0.15) is 0 Å². The summed E-state index contributed by atoms with van der Waals surface area (Å²) in [6.45, 7) is 1.77. The highest BCUT2D eigenvalue weighted by Gasteiger charge is 2.35. The number of carbonyl (C=O) groups is 1. The van der Waals surface area contributed by atoms with Crippen LogP contribution >= 0.6 is 0 Å². The Morgan fingerprint density at radius 2 is 2.54 bits per heavy atom. The Labute approximate surface area is 75.3 Å². The van der Waals surface area contributed by atoms with Gasteiger partial charge in [-0.2, -0.15) is 0 Å². The second kappa shape index (κ2) is 2.85. The van der Waals surface area contributed by atoms with Gasteiger partial charge in [0, 0.05) is 18.2 Å². The van der Waals surface area contributed by atoms with Crippen LogP contribution in [0.2, 0.25) is 0 Å². The van der Waals surface area contributed by atoms with Crippen LogP contribution in [0.1, 0.15) is 22.7 Å². The van der Waals surface area contributed by atoms with Crippen molar-refractivity contribution in [3.8, 4) is 0 Å². The molecule has 0 aromatic carbocycles. The monoisotopic (exact) mass is 181 g/mol.